The van der Waals surface area contributed by atoms with Gasteiger partial charge in [-0.1, -0.05) is 37.3 Å². The number of carbonyl (C=O) groups excluding carboxylic acids is 5. The third-order valence-electron chi connectivity index (χ3n) is 10.4. The molecule has 3 atom stereocenters. The number of rotatable bonds is 13. The molecule has 0 saturated heterocycles. The van der Waals surface area contributed by atoms with Gasteiger partial charge in [-0.05, 0) is 60.6 Å². The molecule has 1 aliphatic carbocycles. The fourth-order valence-corrected chi connectivity index (χ4v) is 7.62. The molecule has 15 nitrogen and oxygen atoms in total. The lowest BCUT2D eigenvalue weighted by atomic mass is 9.85. The number of aliphatic hydroxyl groups is 1. The van der Waals surface area contributed by atoms with Gasteiger partial charge in [-0.15, -0.1) is 0 Å². The molecule has 4 heterocycles. The average molecular weight is 736 g/mol. The van der Waals surface area contributed by atoms with Crippen LogP contribution in [-0.2, 0) is 66.7 Å². The van der Waals surface area contributed by atoms with E-state index >= 15 is 0 Å². The predicted molar refractivity (Wildman–Crippen MR) is 197 cm³/mol. The van der Waals surface area contributed by atoms with E-state index in [0.29, 0.717) is 35.3 Å². The number of aldehydes is 1. The SMILES string of the molecule is CC[C@@]1(O)C(=O)OCc2c1cc1n(c2=O)Cc2c-1nc1ccc(NC(=O)CNC(=O)[C@H](Cc3ccccc3)NC(=O)CNCC(N)C=O)c3c1c2CCC3. The summed E-state index contributed by atoms with van der Waals surface area (Å²) in [7, 11) is 0. The van der Waals surface area contributed by atoms with Crippen molar-refractivity contribution in [2.45, 2.75) is 69.9 Å². The van der Waals surface area contributed by atoms with Gasteiger partial charge in [-0.2, -0.15) is 0 Å². The van der Waals surface area contributed by atoms with Crippen LogP contribution in [0.2, 0.25) is 0 Å². The fourth-order valence-electron chi connectivity index (χ4n) is 7.62. The van der Waals surface area contributed by atoms with E-state index in [-0.39, 0.29) is 62.3 Å². The quantitative estimate of drug-likeness (QED) is 0.0720. The summed E-state index contributed by atoms with van der Waals surface area (Å²) in [5.74, 6) is -2.25. The molecule has 7 N–H and O–H groups in total. The van der Waals surface area contributed by atoms with Crippen molar-refractivity contribution in [2.24, 2.45) is 5.73 Å². The zero-order valence-corrected chi connectivity index (χ0v) is 29.7. The summed E-state index contributed by atoms with van der Waals surface area (Å²) in [6.45, 7) is 1.32. The number of pyridine rings is 2. The smallest absolute Gasteiger partial charge is 0.343 e. The first-order chi connectivity index (χ1) is 26.0. The molecule has 2 aromatic heterocycles. The van der Waals surface area contributed by atoms with Crippen molar-refractivity contribution in [2.75, 3.05) is 25.0 Å². The van der Waals surface area contributed by atoms with E-state index in [4.69, 9.17) is 15.5 Å². The number of ether oxygens (including phenoxy) is 1. The van der Waals surface area contributed by atoms with Crippen LogP contribution in [0.4, 0.5) is 5.69 Å². The van der Waals surface area contributed by atoms with Crippen LogP contribution in [0.1, 0.15) is 53.1 Å². The summed E-state index contributed by atoms with van der Waals surface area (Å²) in [6, 6.07) is 12.7. The van der Waals surface area contributed by atoms with Gasteiger partial charge in [-0.3, -0.25) is 19.2 Å². The third kappa shape index (κ3) is 6.77. The van der Waals surface area contributed by atoms with Gasteiger partial charge < -0.3 is 46.2 Å². The van der Waals surface area contributed by atoms with Crippen molar-refractivity contribution in [1.29, 1.82) is 0 Å². The van der Waals surface area contributed by atoms with E-state index in [1.165, 1.54) is 0 Å². The van der Waals surface area contributed by atoms with Gasteiger partial charge in [0.25, 0.3) is 5.56 Å². The summed E-state index contributed by atoms with van der Waals surface area (Å²) in [4.78, 5) is 81.4. The first-order valence-corrected chi connectivity index (χ1v) is 18.0. The molecular formula is C39H41N7O8. The topological polar surface area (TPSA) is 224 Å². The van der Waals surface area contributed by atoms with E-state index in [1.54, 1.807) is 23.6 Å². The number of fused-ring (bicyclic) bond motifs is 5. The standard InChI is InChI=1S/C39H41N7O8/c1-2-39(53)27-14-31-35-25(18-46(31)37(51)26(27)20-54-38(39)52)23-9-6-10-24-28(11-12-29(45-35)34(23)24)43-33(49)17-42-36(50)30(13-21-7-4-3-5-8-21)44-32(48)16-41-15-22(40)19-47/h3-5,7-8,11-12,14,19,22,30,41,53H,2,6,9-10,13,15-18,20,40H2,1H3,(H,42,50)(H,43,49)(H,44,48)/t22?,30-,39-/m0/s1. The predicted octanol–water partition coefficient (Wildman–Crippen LogP) is 0.466. The second-order valence-electron chi connectivity index (χ2n) is 13.9. The zero-order valence-electron chi connectivity index (χ0n) is 29.7. The number of anilines is 1. The maximum absolute atomic E-state index is 13.7. The van der Waals surface area contributed by atoms with E-state index in [0.717, 1.165) is 40.5 Å². The van der Waals surface area contributed by atoms with Crippen molar-refractivity contribution in [3.05, 3.63) is 92.3 Å². The molecule has 15 heteroatoms. The van der Waals surface area contributed by atoms with E-state index in [1.807, 2.05) is 36.4 Å². The van der Waals surface area contributed by atoms with Crippen molar-refractivity contribution in [3.63, 3.8) is 0 Å². The average Bonchev–Trinajstić information content (AvgIpc) is 3.55. The molecular weight excluding hydrogens is 694 g/mol. The van der Waals surface area contributed by atoms with Crippen LogP contribution in [0.15, 0.2) is 53.3 Å². The van der Waals surface area contributed by atoms with Gasteiger partial charge >= 0.3 is 5.97 Å². The van der Waals surface area contributed by atoms with Crippen LogP contribution in [0, 0.1) is 0 Å². The highest BCUT2D eigenvalue weighted by Gasteiger charge is 2.45. The Bertz CT molecular complexity index is 2260. The van der Waals surface area contributed by atoms with Crippen molar-refractivity contribution in [1.82, 2.24) is 25.5 Å². The molecule has 2 aromatic carbocycles. The molecule has 54 heavy (non-hydrogen) atoms. The van der Waals surface area contributed by atoms with E-state index < -0.39 is 41.4 Å². The number of carbonyl (C=O) groups is 5. The minimum Gasteiger partial charge on any atom is -0.458 e. The molecule has 7 rings (SSSR count). The van der Waals surface area contributed by atoms with Crippen LogP contribution in [0.25, 0.3) is 22.3 Å². The first-order valence-electron chi connectivity index (χ1n) is 18.0. The van der Waals surface area contributed by atoms with Crippen LogP contribution < -0.4 is 32.6 Å². The number of esters is 1. The Balaban J connectivity index is 1.09. The molecule has 0 radical (unpaired) electrons. The van der Waals surface area contributed by atoms with E-state index in [9.17, 15) is 33.9 Å². The molecule has 0 bridgehead atoms. The minimum absolute atomic E-state index is 0.0509. The maximum atomic E-state index is 13.7. The molecule has 2 aliphatic heterocycles. The summed E-state index contributed by atoms with van der Waals surface area (Å²) in [6.07, 6.45) is 3.01. The Morgan fingerprint density at radius 2 is 1.81 bits per heavy atom. The van der Waals surface area contributed by atoms with Crippen molar-refractivity contribution < 1.29 is 33.8 Å². The monoisotopic (exact) mass is 735 g/mol. The number of hydrogen-bond donors (Lipinski definition) is 6. The Labute approximate surface area is 309 Å². The number of aromatic nitrogens is 2. The van der Waals surface area contributed by atoms with Crippen LogP contribution >= 0.6 is 0 Å². The van der Waals surface area contributed by atoms with Crippen molar-refractivity contribution in [3.8, 4) is 11.4 Å². The first kappa shape index (κ1) is 36.6. The van der Waals surface area contributed by atoms with Crippen molar-refractivity contribution >= 4 is 46.6 Å². The molecule has 0 spiro atoms. The maximum Gasteiger partial charge on any atom is 0.343 e. The molecule has 3 amide bonds. The van der Waals surface area contributed by atoms with Gasteiger partial charge in [-0.25, -0.2) is 9.78 Å². The number of nitrogens with one attached hydrogen (secondary N) is 4. The Hall–Kier alpha value is -5.77. The molecule has 1 unspecified atom stereocenters. The molecule has 3 aliphatic rings. The lowest BCUT2D eigenvalue weighted by molar-refractivity contribution is -0.172. The lowest BCUT2D eigenvalue weighted by Crippen LogP contribution is -2.51. The zero-order chi connectivity index (χ0) is 38.1. The Morgan fingerprint density at radius 3 is 2.57 bits per heavy atom. The van der Waals surface area contributed by atoms with Gasteiger partial charge in [0.05, 0.1) is 48.1 Å². The summed E-state index contributed by atoms with van der Waals surface area (Å²) >= 11 is 0. The van der Waals surface area contributed by atoms with Crippen LogP contribution in [-0.4, -0.2) is 76.4 Å². The number of hydrogen-bond acceptors (Lipinski definition) is 11. The number of aryl methyl sites for hydroxylation is 2. The van der Waals surface area contributed by atoms with Gasteiger partial charge in [0.15, 0.2) is 5.60 Å². The molecule has 280 valence electrons. The molecule has 0 saturated carbocycles. The fraction of sp³-hybridized carbons (Fsp3) is 0.359. The minimum atomic E-state index is -1.92. The number of benzene rings is 2. The third-order valence-corrected chi connectivity index (χ3v) is 10.4. The Morgan fingerprint density at radius 1 is 1.04 bits per heavy atom. The summed E-state index contributed by atoms with van der Waals surface area (Å²) in [5.41, 5.74) is 9.91. The summed E-state index contributed by atoms with van der Waals surface area (Å²) < 4.78 is 6.82. The van der Waals surface area contributed by atoms with Crippen LogP contribution in [0.5, 0.6) is 0 Å². The number of nitrogens with zero attached hydrogens (tertiary/aromatic N) is 2. The second-order valence-corrected chi connectivity index (χ2v) is 13.9. The van der Waals surface area contributed by atoms with Gasteiger partial charge in [0.1, 0.15) is 18.9 Å². The number of nitrogens with two attached hydrogens (primary N) is 1. The highest BCUT2D eigenvalue weighted by Crippen LogP contribution is 2.43. The second kappa shape index (κ2) is 14.9. The number of cyclic esters (lactones) is 1. The molecule has 0 fully saturated rings. The van der Waals surface area contributed by atoms with Gasteiger partial charge in [0.2, 0.25) is 17.7 Å². The lowest BCUT2D eigenvalue weighted by Gasteiger charge is -2.31. The number of amides is 3. The van der Waals surface area contributed by atoms with E-state index in [2.05, 4.69) is 21.3 Å². The molecule has 4 aromatic rings. The van der Waals surface area contributed by atoms with Crippen LogP contribution in [0.3, 0.4) is 0 Å². The summed E-state index contributed by atoms with van der Waals surface area (Å²) in [5, 5.41) is 23.2. The highest BCUT2D eigenvalue weighted by molar-refractivity contribution is 6.01. The Kier molecular flexibility index (Phi) is 10.1. The normalized spacial score (nSPS) is 17.7. The highest BCUT2D eigenvalue weighted by atomic mass is 16.6. The largest absolute Gasteiger partial charge is 0.458 e. The van der Waals surface area contributed by atoms with Gasteiger partial charge in [0, 0.05) is 35.2 Å².